The maximum Gasteiger partial charge on any atom is 0.208 e. The summed E-state index contributed by atoms with van der Waals surface area (Å²) in [6.45, 7) is 0.444. The lowest BCUT2D eigenvalue weighted by Gasteiger charge is -2.42. The van der Waals surface area contributed by atoms with Crippen LogP contribution in [0.1, 0.15) is 6.42 Å². The lowest BCUT2D eigenvalue weighted by atomic mass is 9.89. The van der Waals surface area contributed by atoms with Gasteiger partial charge in [0.25, 0.3) is 0 Å². The van der Waals surface area contributed by atoms with Crippen molar-refractivity contribution < 1.29 is 18.6 Å². The number of hydrogen-bond donors (Lipinski definition) is 3. The minimum absolute atomic E-state index is 0.180. The first kappa shape index (κ1) is 15.1. The van der Waals surface area contributed by atoms with E-state index in [-0.39, 0.29) is 19.5 Å². The van der Waals surface area contributed by atoms with Crippen molar-refractivity contribution in [2.75, 3.05) is 30.8 Å². The Morgan fingerprint density at radius 1 is 1.60 bits per heavy atom. The van der Waals surface area contributed by atoms with Gasteiger partial charge in [-0.3, -0.25) is 0 Å². The fourth-order valence-electron chi connectivity index (χ4n) is 2.11. The summed E-state index contributed by atoms with van der Waals surface area (Å²) >= 11 is 0. The van der Waals surface area contributed by atoms with Gasteiger partial charge in [0.1, 0.15) is 23.9 Å². The van der Waals surface area contributed by atoms with E-state index < -0.39 is 21.7 Å². The first-order valence-corrected chi connectivity index (χ1v) is 8.05. The van der Waals surface area contributed by atoms with Crippen molar-refractivity contribution >= 4 is 15.8 Å². The second kappa shape index (κ2) is 5.60. The lowest BCUT2D eigenvalue weighted by molar-refractivity contribution is -0.0809. The van der Waals surface area contributed by atoms with Crippen LogP contribution < -0.4 is 9.62 Å². The monoisotopic (exact) mass is 302 g/mol. The maximum atomic E-state index is 11.1. The van der Waals surface area contributed by atoms with Crippen molar-refractivity contribution in [3.63, 3.8) is 0 Å². The molecule has 2 atom stereocenters. The highest BCUT2D eigenvalue weighted by molar-refractivity contribution is 7.88. The van der Waals surface area contributed by atoms with Crippen LogP contribution in [0.2, 0.25) is 0 Å². The van der Waals surface area contributed by atoms with Crippen LogP contribution in [-0.2, 0) is 10.0 Å². The number of sulfonamides is 1. The zero-order valence-electron chi connectivity index (χ0n) is 11.1. The van der Waals surface area contributed by atoms with Crippen molar-refractivity contribution in [1.29, 1.82) is 0 Å². The number of aromatic nitrogens is 2. The molecule has 1 saturated heterocycles. The summed E-state index contributed by atoms with van der Waals surface area (Å²) < 4.78 is 24.4. The minimum atomic E-state index is -3.41. The summed E-state index contributed by atoms with van der Waals surface area (Å²) in [5, 5.41) is 20.4. The molecule has 1 aliphatic heterocycles. The van der Waals surface area contributed by atoms with Gasteiger partial charge in [0.2, 0.25) is 10.0 Å². The average Bonchev–Trinajstić information content (AvgIpc) is 2.40. The lowest BCUT2D eigenvalue weighted by Crippen LogP contribution is -2.60. The summed E-state index contributed by atoms with van der Waals surface area (Å²) in [7, 11) is -3.41. The van der Waals surface area contributed by atoms with Crippen molar-refractivity contribution in [3.8, 4) is 0 Å². The Labute approximate surface area is 117 Å². The number of aliphatic hydroxyl groups excluding tert-OH is 1. The molecule has 1 aliphatic rings. The van der Waals surface area contributed by atoms with E-state index in [2.05, 4.69) is 14.7 Å². The Morgan fingerprint density at radius 2 is 2.35 bits per heavy atom. The average molecular weight is 302 g/mol. The third-order valence-electron chi connectivity index (χ3n) is 3.36. The van der Waals surface area contributed by atoms with Crippen LogP contribution in [0.25, 0.3) is 0 Å². The topological polar surface area (TPSA) is 116 Å². The summed E-state index contributed by atoms with van der Waals surface area (Å²) in [5.74, 6) is 0.664. The standard InChI is InChI=1S/C11H18N4O4S/c1-20(18,19)14-7-11(17)3-5-15(6-9(11)16)10-2-4-12-8-13-10/h2,4,8-9,14,16-17H,3,5-7H2,1H3/t9-,11-/m1/s1. The molecule has 2 rings (SSSR count). The first-order valence-electron chi connectivity index (χ1n) is 6.16. The Balaban J connectivity index is 2.02. The van der Waals surface area contributed by atoms with Crippen LogP contribution in [0.4, 0.5) is 5.82 Å². The third kappa shape index (κ3) is 3.63. The quantitative estimate of drug-likeness (QED) is 0.609. The third-order valence-corrected chi connectivity index (χ3v) is 4.03. The molecule has 0 amide bonds. The number of β-amino-alcohol motifs (C(OH)–C–C–N with tert-alkyl or cyclic N) is 1. The fourth-order valence-corrected chi connectivity index (χ4v) is 2.62. The fraction of sp³-hybridized carbons (Fsp3) is 0.636. The van der Waals surface area contributed by atoms with Crippen LogP contribution in [0.3, 0.4) is 0 Å². The van der Waals surface area contributed by atoms with E-state index in [0.29, 0.717) is 12.4 Å². The van der Waals surface area contributed by atoms with E-state index in [1.165, 1.54) is 6.33 Å². The largest absolute Gasteiger partial charge is 0.388 e. The minimum Gasteiger partial charge on any atom is -0.388 e. The van der Waals surface area contributed by atoms with Gasteiger partial charge in [-0.1, -0.05) is 0 Å². The molecule has 3 N–H and O–H groups in total. The maximum absolute atomic E-state index is 11.1. The van der Waals surface area contributed by atoms with E-state index in [9.17, 15) is 18.6 Å². The van der Waals surface area contributed by atoms with Crippen molar-refractivity contribution in [2.45, 2.75) is 18.1 Å². The molecule has 0 unspecified atom stereocenters. The Hall–Kier alpha value is -1.29. The molecule has 0 saturated carbocycles. The van der Waals surface area contributed by atoms with Gasteiger partial charge in [0.15, 0.2) is 0 Å². The predicted molar refractivity (Wildman–Crippen MR) is 72.7 cm³/mol. The van der Waals surface area contributed by atoms with Gasteiger partial charge in [-0.2, -0.15) is 0 Å². The molecule has 112 valence electrons. The second-order valence-electron chi connectivity index (χ2n) is 4.98. The van der Waals surface area contributed by atoms with Crippen LogP contribution >= 0.6 is 0 Å². The molecule has 1 aromatic heterocycles. The van der Waals surface area contributed by atoms with Crippen LogP contribution in [0.5, 0.6) is 0 Å². The highest BCUT2D eigenvalue weighted by atomic mass is 32.2. The molecule has 0 aliphatic carbocycles. The van der Waals surface area contributed by atoms with E-state index in [1.807, 2.05) is 4.90 Å². The second-order valence-corrected chi connectivity index (χ2v) is 6.81. The number of rotatable bonds is 4. The molecule has 0 aromatic carbocycles. The number of aliphatic hydroxyl groups is 2. The predicted octanol–water partition coefficient (Wildman–Crippen LogP) is -1.67. The molecule has 2 heterocycles. The Morgan fingerprint density at radius 3 is 2.90 bits per heavy atom. The van der Waals surface area contributed by atoms with Crippen LogP contribution in [-0.4, -0.2) is 66.2 Å². The zero-order valence-corrected chi connectivity index (χ0v) is 11.9. The SMILES string of the molecule is CS(=O)(=O)NC[C@]1(O)CCN(c2ccncn2)C[C@H]1O. The van der Waals surface area contributed by atoms with E-state index in [1.54, 1.807) is 12.3 Å². The summed E-state index contributed by atoms with van der Waals surface area (Å²) in [6, 6.07) is 1.71. The molecule has 20 heavy (non-hydrogen) atoms. The van der Waals surface area contributed by atoms with Gasteiger partial charge in [0, 0.05) is 25.8 Å². The van der Waals surface area contributed by atoms with Crippen LogP contribution in [0.15, 0.2) is 18.6 Å². The van der Waals surface area contributed by atoms with Crippen molar-refractivity contribution in [1.82, 2.24) is 14.7 Å². The van der Waals surface area contributed by atoms with E-state index >= 15 is 0 Å². The van der Waals surface area contributed by atoms with E-state index in [4.69, 9.17) is 0 Å². The smallest absolute Gasteiger partial charge is 0.208 e. The molecular formula is C11H18N4O4S. The molecule has 0 spiro atoms. The Kier molecular flexibility index (Phi) is 4.23. The zero-order chi connectivity index (χ0) is 14.8. The van der Waals surface area contributed by atoms with Crippen molar-refractivity contribution in [2.24, 2.45) is 0 Å². The number of anilines is 1. The van der Waals surface area contributed by atoms with Gasteiger partial charge in [-0.25, -0.2) is 23.1 Å². The molecule has 9 heteroatoms. The molecule has 1 fully saturated rings. The summed E-state index contributed by atoms with van der Waals surface area (Å²) in [5.41, 5.74) is -1.47. The summed E-state index contributed by atoms with van der Waals surface area (Å²) in [4.78, 5) is 9.72. The molecular weight excluding hydrogens is 284 g/mol. The molecule has 0 bridgehead atoms. The van der Waals surface area contributed by atoms with Gasteiger partial charge < -0.3 is 15.1 Å². The highest BCUT2D eigenvalue weighted by Crippen LogP contribution is 2.25. The number of nitrogens with zero attached hydrogens (tertiary/aromatic N) is 3. The van der Waals surface area contributed by atoms with Crippen molar-refractivity contribution in [3.05, 3.63) is 18.6 Å². The number of hydrogen-bond acceptors (Lipinski definition) is 7. The number of piperidine rings is 1. The first-order chi connectivity index (χ1) is 9.30. The number of nitrogens with one attached hydrogen (secondary N) is 1. The normalized spacial score (nSPS) is 27.6. The van der Waals surface area contributed by atoms with Gasteiger partial charge in [0.05, 0.1) is 6.26 Å². The summed E-state index contributed by atoms with van der Waals surface area (Å²) in [6.07, 6.45) is 3.19. The molecule has 8 nitrogen and oxygen atoms in total. The van der Waals surface area contributed by atoms with E-state index in [0.717, 1.165) is 6.26 Å². The highest BCUT2D eigenvalue weighted by Gasteiger charge is 2.41. The van der Waals surface area contributed by atoms with Gasteiger partial charge in [-0.15, -0.1) is 0 Å². The molecule has 1 aromatic rings. The molecule has 0 radical (unpaired) electrons. The van der Waals surface area contributed by atoms with Crippen LogP contribution in [0, 0.1) is 0 Å². The Bertz CT molecular complexity index is 553. The van der Waals surface area contributed by atoms with Gasteiger partial charge in [-0.05, 0) is 12.5 Å². The van der Waals surface area contributed by atoms with Gasteiger partial charge >= 0.3 is 0 Å².